The highest BCUT2D eigenvalue weighted by Crippen LogP contribution is 2.47. The number of ether oxygens (including phenoxy) is 4. The normalized spacial score (nSPS) is 19.4. The van der Waals surface area contributed by atoms with Crippen molar-refractivity contribution in [2.24, 2.45) is 5.92 Å². The van der Waals surface area contributed by atoms with E-state index in [1.807, 2.05) is 0 Å². The standard InChI is InChI=1S/C61H98NO11P/c1-15-41-69-61(66)62-57(43-70-54(12)63)59(72-55(13)64)60(73-56(14)65)58(62)44-74(67,68)71-42-40-53(11)39-23-38-52(10)37-22-36-51(9)35-21-34-50(8)33-20-32-49(7)31-19-30-48(6)29-18-28-47(5)27-17-26-46(4)25-16-24-45(2)3/h15,24,26,28,30,32,34,36,38,53,57-60H,1,16-23,25,27,29,31,33,35,37,39-44H2,2-14H3,(H,67,68)/b46-26+,47-28+,48-30+,49-32+,50-34+,51-36+,52-38+/t53-,57+,58-,59+,60+/m0/s1. The molecular weight excluding hydrogens is 954 g/mol. The van der Waals surface area contributed by atoms with Crippen LogP contribution in [-0.2, 0) is 42.4 Å². The lowest BCUT2D eigenvalue weighted by molar-refractivity contribution is -0.165. The van der Waals surface area contributed by atoms with Crippen LogP contribution >= 0.6 is 7.60 Å². The van der Waals surface area contributed by atoms with Gasteiger partial charge in [-0.2, -0.15) is 0 Å². The van der Waals surface area contributed by atoms with Gasteiger partial charge in [0.15, 0.2) is 12.2 Å². The molecule has 0 radical (unpaired) electrons. The number of rotatable bonds is 36. The van der Waals surface area contributed by atoms with Crippen LogP contribution in [-0.4, -0.2) is 84.1 Å². The molecule has 1 amide bonds. The van der Waals surface area contributed by atoms with E-state index in [2.05, 4.69) is 124 Å². The van der Waals surface area contributed by atoms with E-state index >= 15 is 0 Å². The summed E-state index contributed by atoms with van der Waals surface area (Å²) in [5.74, 6) is -2.05. The Morgan fingerprint density at radius 1 is 0.527 bits per heavy atom. The molecule has 0 aromatic carbocycles. The second kappa shape index (κ2) is 38.1. The third-order valence-electron chi connectivity index (χ3n) is 13.1. The molecule has 0 aliphatic carbocycles. The maximum absolute atomic E-state index is 13.6. The highest BCUT2D eigenvalue weighted by molar-refractivity contribution is 7.52. The minimum Gasteiger partial charge on any atom is -0.464 e. The molecule has 0 bridgehead atoms. The Balaban J connectivity index is 2.52. The van der Waals surface area contributed by atoms with Crippen LogP contribution in [0.25, 0.3) is 0 Å². The number of nitrogens with zero attached hydrogens (tertiary/aromatic N) is 1. The molecule has 1 aliphatic rings. The Kier molecular flexibility index (Phi) is 34.8. The van der Waals surface area contributed by atoms with Gasteiger partial charge in [-0.1, -0.05) is 113 Å². The third-order valence-corrected chi connectivity index (χ3v) is 14.6. The van der Waals surface area contributed by atoms with Gasteiger partial charge < -0.3 is 28.4 Å². The predicted octanol–water partition coefficient (Wildman–Crippen LogP) is 15.8. The fraction of sp³-hybridized carbons (Fsp3) is 0.639. The van der Waals surface area contributed by atoms with Crippen molar-refractivity contribution in [3.63, 3.8) is 0 Å². The minimum absolute atomic E-state index is 0.0309. The van der Waals surface area contributed by atoms with Gasteiger partial charge in [0.25, 0.3) is 0 Å². The number of carbonyl (C=O) groups excluding carboxylic acids is 4. The van der Waals surface area contributed by atoms with E-state index in [0.717, 1.165) is 128 Å². The molecule has 12 nitrogen and oxygen atoms in total. The van der Waals surface area contributed by atoms with Crippen LogP contribution in [0.3, 0.4) is 0 Å². The average Bonchev–Trinajstić information content (AvgIpc) is 3.55. The number of hydrogen-bond acceptors (Lipinski definition) is 10. The van der Waals surface area contributed by atoms with E-state index in [0.29, 0.717) is 6.42 Å². The van der Waals surface area contributed by atoms with Crippen molar-refractivity contribution in [3.05, 3.63) is 106 Å². The Morgan fingerprint density at radius 3 is 1.24 bits per heavy atom. The summed E-state index contributed by atoms with van der Waals surface area (Å²) in [6.07, 6.45) is 33.6. The van der Waals surface area contributed by atoms with Crippen molar-refractivity contribution in [3.8, 4) is 0 Å². The summed E-state index contributed by atoms with van der Waals surface area (Å²) in [5.41, 5.74) is 11.6. The first kappa shape index (κ1) is 67.5. The van der Waals surface area contributed by atoms with Gasteiger partial charge >= 0.3 is 31.6 Å². The minimum atomic E-state index is -4.44. The molecule has 0 spiro atoms. The average molecular weight is 1050 g/mol. The molecule has 13 heteroatoms. The molecule has 1 rings (SSSR count). The fourth-order valence-corrected chi connectivity index (χ4v) is 10.1. The SMILES string of the molecule is C=CCOC(=O)N1[C@H](COC(C)=O)[C@@H](OC(C)=O)[C@H](OC(C)=O)[C@@H]1CP(=O)(O)OCC[C@@H](C)CC/C=C(\C)CC/C=C(\C)CC/C=C(\C)CC/C=C(\C)CC/C=C(\C)CC/C=C(\C)CC/C=C(\C)CCC=C(C)C. The molecule has 1 aliphatic heterocycles. The quantitative estimate of drug-likeness (QED) is 0.0276. The van der Waals surface area contributed by atoms with Gasteiger partial charge in [0.2, 0.25) is 0 Å². The van der Waals surface area contributed by atoms with Gasteiger partial charge in [0.05, 0.1) is 18.8 Å². The van der Waals surface area contributed by atoms with Crippen molar-refractivity contribution in [2.45, 2.75) is 223 Å². The molecule has 6 atom stereocenters. The second-order valence-electron chi connectivity index (χ2n) is 20.9. The summed E-state index contributed by atoms with van der Waals surface area (Å²) in [5, 5.41) is 0. The molecule has 74 heavy (non-hydrogen) atoms. The first-order chi connectivity index (χ1) is 34.9. The number of allylic oxidation sites excluding steroid dienone is 16. The lowest BCUT2D eigenvalue weighted by Crippen LogP contribution is -2.48. The van der Waals surface area contributed by atoms with Crippen molar-refractivity contribution in [1.82, 2.24) is 4.90 Å². The number of carbonyl (C=O) groups is 4. The summed E-state index contributed by atoms with van der Waals surface area (Å²) in [6.45, 7) is 28.3. The molecular formula is C61H98NO11P. The Morgan fingerprint density at radius 2 is 0.892 bits per heavy atom. The molecule has 0 aromatic rings. The van der Waals surface area contributed by atoms with Gasteiger partial charge in [-0.25, -0.2) is 4.79 Å². The summed E-state index contributed by atoms with van der Waals surface area (Å²) in [4.78, 5) is 61.6. The molecule has 0 saturated carbocycles. The third kappa shape index (κ3) is 32.0. The summed E-state index contributed by atoms with van der Waals surface area (Å²) in [7, 11) is -4.44. The smallest absolute Gasteiger partial charge is 0.410 e. The first-order valence-corrected chi connectivity index (χ1v) is 28.9. The Hall–Kier alpha value is -4.51. The van der Waals surface area contributed by atoms with E-state index in [1.54, 1.807) is 0 Å². The zero-order chi connectivity index (χ0) is 55.6. The number of amides is 1. The number of esters is 3. The monoisotopic (exact) mass is 1050 g/mol. The van der Waals surface area contributed by atoms with Gasteiger partial charge in [0, 0.05) is 20.8 Å². The summed E-state index contributed by atoms with van der Waals surface area (Å²) in [6, 6.07) is -2.53. The molecule has 1 fully saturated rings. The van der Waals surface area contributed by atoms with E-state index in [9.17, 15) is 28.6 Å². The van der Waals surface area contributed by atoms with E-state index in [4.69, 9.17) is 23.5 Å². The zero-order valence-electron chi connectivity index (χ0n) is 48.1. The maximum Gasteiger partial charge on any atom is 0.410 e. The van der Waals surface area contributed by atoms with E-state index in [1.165, 1.54) is 50.7 Å². The second-order valence-corrected chi connectivity index (χ2v) is 22.8. The summed E-state index contributed by atoms with van der Waals surface area (Å²) >= 11 is 0. The van der Waals surface area contributed by atoms with Crippen molar-refractivity contribution in [1.29, 1.82) is 0 Å². The van der Waals surface area contributed by atoms with Crippen LogP contribution < -0.4 is 0 Å². The van der Waals surface area contributed by atoms with E-state index < -0.39 is 68.7 Å². The highest BCUT2D eigenvalue weighted by atomic mass is 31.2. The van der Waals surface area contributed by atoms with Gasteiger partial charge in [-0.05, 0) is 177 Å². The van der Waals surface area contributed by atoms with E-state index in [-0.39, 0.29) is 19.1 Å². The fourth-order valence-electron chi connectivity index (χ4n) is 8.74. The lowest BCUT2D eigenvalue weighted by Gasteiger charge is -2.30. The van der Waals surface area contributed by atoms with Crippen LogP contribution in [0.15, 0.2) is 106 Å². The highest BCUT2D eigenvalue weighted by Gasteiger charge is 2.57. The van der Waals surface area contributed by atoms with Gasteiger partial charge in [-0.15, -0.1) is 0 Å². The number of hydrogen-bond donors (Lipinski definition) is 1. The molecule has 0 aromatic heterocycles. The predicted molar refractivity (Wildman–Crippen MR) is 303 cm³/mol. The molecule has 418 valence electrons. The van der Waals surface area contributed by atoms with Crippen LogP contribution in [0, 0.1) is 5.92 Å². The molecule has 1 saturated heterocycles. The van der Waals surface area contributed by atoms with Crippen molar-refractivity contribution < 1.29 is 52.1 Å². The first-order valence-electron chi connectivity index (χ1n) is 27.2. The summed E-state index contributed by atoms with van der Waals surface area (Å²) < 4.78 is 40.5. The van der Waals surface area contributed by atoms with Gasteiger partial charge in [0.1, 0.15) is 19.3 Å². The molecule has 1 unspecified atom stereocenters. The maximum atomic E-state index is 13.6. The van der Waals surface area contributed by atoms with Crippen molar-refractivity contribution in [2.75, 3.05) is 26.0 Å². The largest absolute Gasteiger partial charge is 0.464 e. The van der Waals surface area contributed by atoms with Crippen molar-refractivity contribution >= 4 is 31.6 Å². The zero-order valence-corrected chi connectivity index (χ0v) is 49.0. The Labute approximate surface area is 448 Å². The topological polar surface area (TPSA) is 155 Å². The molecule has 1 N–H and O–H groups in total. The van der Waals surface area contributed by atoms with Crippen LogP contribution in [0.2, 0.25) is 0 Å². The Bertz CT molecular complexity index is 2070. The van der Waals surface area contributed by atoms with Gasteiger partial charge in [-0.3, -0.25) is 23.8 Å². The van der Waals surface area contributed by atoms with Crippen LogP contribution in [0.5, 0.6) is 0 Å². The lowest BCUT2D eigenvalue weighted by atomic mass is 10.0. The van der Waals surface area contributed by atoms with Crippen LogP contribution in [0.1, 0.15) is 199 Å². The number of likely N-dealkylation sites (tertiary alicyclic amines) is 1. The molecule has 1 heterocycles. The van der Waals surface area contributed by atoms with Crippen LogP contribution in [0.4, 0.5) is 4.79 Å².